The molecule has 2 N–H and O–H groups in total. The van der Waals surface area contributed by atoms with Crippen molar-refractivity contribution in [3.8, 4) is 12.3 Å². The molecule has 1 aliphatic rings. The third-order valence-corrected chi connectivity index (χ3v) is 3.55. The summed E-state index contributed by atoms with van der Waals surface area (Å²) < 4.78 is 24.1. The molecule has 0 aromatic carbocycles. The number of nitrogens with zero attached hydrogens (tertiary/aromatic N) is 1. The number of hydrogen-bond donors (Lipinski definition) is 2. The SMILES string of the molecule is C#CCN1CCC(NCCNS(C)(=O)=O)CC1. The first kappa shape index (κ1) is 14.5. The molecule has 0 aliphatic carbocycles. The number of hydrogen-bond acceptors (Lipinski definition) is 4. The Balaban J connectivity index is 2.09. The Labute approximate surface area is 104 Å². The Morgan fingerprint density at radius 1 is 1.35 bits per heavy atom. The van der Waals surface area contributed by atoms with Crippen molar-refractivity contribution < 1.29 is 8.42 Å². The minimum atomic E-state index is -3.06. The van der Waals surface area contributed by atoms with Gasteiger partial charge in [0, 0.05) is 32.2 Å². The van der Waals surface area contributed by atoms with E-state index in [9.17, 15) is 8.42 Å². The average Bonchev–Trinajstić information content (AvgIpc) is 2.26. The highest BCUT2D eigenvalue weighted by atomic mass is 32.2. The van der Waals surface area contributed by atoms with Crippen LogP contribution in [0.25, 0.3) is 0 Å². The third-order valence-electron chi connectivity index (χ3n) is 2.82. The summed E-state index contributed by atoms with van der Waals surface area (Å²) in [4.78, 5) is 2.26. The molecular formula is C11H21N3O2S. The van der Waals surface area contributed by atoms with Crippen molar-refractivity contribution >= 4 is 10.0 Å². The van der Waals surface area contributed by atoms with Gasteiger partial charge in [0.15, 0.2) is 0 Å². The quantitative estimate of drug-likeness (QED) is 0.485. The van der Waals surface area contributed by atoms with Crippen molar-refractivity contribution in [3.63, 3.8) is 0 Å². The Morgan fingerprint density at radius 2 is 2.00 bits per heavy atom. The van der Waals surface area contributed by atoms with E-state index in [1.807, 2.05) is 0 Å². The van der Waals surface area contributed by atoms with Crippen LogP contribution < -0.4 is 10.0 Å². The van der Waals surface area contributed by atoms with Crippen molar-refractivity contribution in [1.82, 2.24) is 14.9 Å². The Bertz CT molecular complexity index is 353. The third kappa shape index (κ3) is 6.64. The van der Waals surface area contributed by atoms with Crippen molar-refractivity contribution in [2.24, 2.45) is 0 Å². The predicted molar refractivity (Wildman–Crippen MR) is 69.1 cm³/mol. The highest BCUT2D eigenvalue weighted by Gasteiger charge is 2.17. The molecule has 0 aromatic rings. The average molecular weight is 259 g/mol. The summed E-state index contributed by atoms with van der Waals surface area (Å²) in [5.41, 5.74) is 0. The van der Waals surface area contributed by atoms with Crippen LogP contribution in [0.4, 0.5) is 0 Å². The first-order valence-electron chi connectivity index (χ1n) is 5.85. The molecule has 6 heteroatoms. The normalized spacial score (nSPS) is 19.1. The molecule has 0 atom stereocenters. The molecule has 1 rings (SSSR count). The van der Waals surface area contributed by atoms with E-state index in [1.165, 1.54) is 6.26 Å². The van der Waals surface area contributed by atoms with Crippen LogP contribution >= 0.6 is 0 Å². The van der Waals surface area contributed by atoms with Gasteiger partial charge in [0.2, 0.25) is 10.0 Å². The standard InChI is InChI=1S/C11H21N3O2S/c1-3-8-14-9-4-11(5-10-14)12-6-7-13-17(2,15)16/h1,11-13H,4-10H2,2H3. The van der Waals surface area contributed by atoms with E-state index in [1.54, 1.807) is 0 Å². The number of terminal acetylenes is 1. The Kier molecular flexibility index (Phi) is 5.92. The van der Waals surface area contributed by atoms with Crippen LogP contribution in [0.15, 0.2) is 0 Å². The van der Waals surface area contributed by atoms with Crippen molar-refractivity contribution in [2.75, 3.05) is 39.0 Å². The van der Waals surface area contributed by atoms with Crippen LogP contribution in [0, 0.1) is 12.3 Å². The molecule has 0 bridgehead atoms. The summed E-state index contributed by atoms with van der Waals surface area (Å²) in [7, 11) is -3.06. The molecule has 0 unspecified atom stereocenters. The molecule has 1 saturated heterocycles. The van der Waals surface area contributed by atoms with E-state index in [2.05, 4.69) is 20.9 Å². The topological polar surface area (TPSA) is 61.4 Å². The second-order valence-corrected chi connectivity index (χ2v) is 6.21. The van der Waals surface area contributed by atoms with E-state index in [0.717, 1.165) is 32.5 Å². The van der Waals surface area contributed by atoms with Crippen LogP contribution in [0.3, 0.4) is 0 Å². The van der Waals surface area contributed by atoms with E-state index in [-0.39, 0.29) is 0 Å². The zero-order valence-electron chi connectivity index (χ0n) is 10.3. The highest BCUT2D eigenvalue weighted by molar-refractivity contribution is 7.88. The lowest BCUT2D eigenvalue weighted by atomic mass is 10.1. The van der Waals surface area contributed by atoms with Crippen molar-refractivity contribution in [2.45, 2.75) is 18.9 Å². The summed E-state index contributed by atoms with van der Waals surface area (Å²) in [6.07, 6.45) is 8.57. The van der Waals surface area contributed by atoms with Crippen LogP contribution in [-0.2, 0) is 10.0 Å². The van der Waals surface area contributed by atoms with Gasteiger partial charge in [-0.15, -0.1) is 6.42 Å². The lowest BCUT2D eigenvalue weighted by Gasteiger charge is -2.31. The van der Waals surface area contributed by atoms with Crippen molar-refractivity contribution in [1.29, 1.82) is 0 Å². The molecule has 0 spiro atoms. The fraction of sp³-hybridized carbons (Fsp3) is 0.818. The summed E-state index contributed by atoms with van der Waals surface area (Å²) in [6, 6.07) is 0.477. The summed E-state index contributed by atoms with van der Waals surface area (Å²) >= 11 is 0. The number of likely N-dealkylation sites (tertiary alicyclic amines) is 1. The van der Waals surface area contributed by atoms with E-state index in [0.29, 0.717) is 19.1 Å². The van der Waals surface area contributed by atoms with E-state index in [4.69, 9.17) is 6.42 Å². The maximum atomic E-state index is 10.8. The molecule has 1 aliphatic heterocycles. The van der Waals surface area contributed by atoms with Gasteiger partial charge in [0.1, 0.15) is 0 Å². The van der Waals surface area contributed by atoms with Crippen LogP contribution in [0.2, 0.25) is 0 Å². The highest BCUT2D eigenvalue weighted by Crippen LogP contribution is 2.08. The van der Waals surface area contributed by atoms with Crippen molar-refractivity contribution in [3.05, 3.63) is 0 Å². The second-order valence-electron chi connectivity index (χ2n) is 4.38. The number of rotatable bonds is 6. The number of sulfonamides is 1. The van der Waals surface area contributed by atoms with E-state index >= 15 is 0 Å². The van der Waals surface area contributed by atoms with Gasteiger partial charge < -0.3 is 5.32 Å². The molecule has 17 heavy (non-hydrogen) atoms. The largest absolute Gasteiger partial charge is 0.313 e. The lowest BCUT2D eigenvalue weighted by Crippen LogP contribution is -2.44. The molecule has 1 fully saturated rings. The minimum absolute atomic E-state index is 0.448. The fourth-order valence-electron chi connectivity index (χ4n) is 1.94. The second kappa shape index (κ2) is 6.97. The monoisotopic (exact) mass is 259 g/mol. The summed E-state index contributed by atoms with van der Waals surface area (Å²) in [5, 5.41) is 3.35. The predicted octanol–water partition coefficient (Wildman–Crippen LogP) is -0.777. The maximum Gasteiger partial charge on any atom is 0.208 e. The summed E-state index contributed by atoms with van der Waals surface area (Å²) in [5.74, 6) is 2.65. The zero-order chi connectivity index (χ0) is 12.7. The number of nitrogens with one attached hydrogen (secondary N) is 2. The van der Waals surface area contributed by atoms with Gasteiger partial charge >= 0.3 is 0 Å². The van der Waals surface area contributed by atoms with Crippen LogP contribution in [0.1, 0.15) is 12.8 Å². The van der Waals surface area contributed by atoms with E-state index < -0.39 is 10.0 Å². The van der Waals surface area contributed by atoms with Gasteiger partial charge in [0.05, 0.1) is 12.8 Å². The van der Waals surface area contributed by atoms with Crippen LogP contribution in [0.5, 0.6) is 0 Å². The van der Waals surface area contributed by atoms with Gasteiger partial charge in [-0.1, -0.05) is 5.92 Å². The summed E-state index contributed by atoms with van der Waals surface area (Å²) in [6.45, 7) is 3.88. The molecule has 0 aromatic heterocycles. The number of piperidine rings is 1. The fourth-order valence-corrected chi connectivity index (χ4v) is 2.41. The smallest absolute Gasteiger partial charge is 0.208 e. The minimum Gasteiger partial charge on any atom is -0.313 e. The van der Waals surface area contributed by atoms with Gasteiger partial charge in [-0.25, -0.2) is 13.1 Å². The molecule has 0 saturated carbocycles. The maximum absolute atomic E-state index is 10.8. The van der Waals surface area contributed by atoms with Gasteiger partial charge in [-0.2, -0.15) is 0 Å². The van der Waals surface area contributed by atoms with Gasteiger partial charge in [-0.3, -0.25) is 4.90 Å². The molecule has 5 nitrogen and oxygen atoms in total. The first-order valence-corrected chi connectivity index (χ1v) is 7.74. The van der Waals surface area contributed by atoms with Gasteiger partial charge in [0.25, 0.3) is 0 Å². The Morgan fingerprint density at radius 3 is 2.53 bits per heavy atom. The Hall–Kier alpha value is -0.610. The molecule has 0 radical (unpaired) electrons. The van der Waals surface area contributed by atoms with Gasteiger partial charge in [-0.05, 0) is 12.8 Å². The first-order chi connectivity index (χ1) is 8.01. The lowest BCUT2D eigenvalue weighted by molar-refractivity contribution is 0.219. The zero-order valence-corrected chi connectivity index (χ0v) is 11.1. The molecular weight excluding hydrogens is 238 g/mol. The molecule has 1 heterocycles. The van der Waals surface area contributed by atoms with Crippen LogP contribution in [-0.4, -0.2) is 58.3 Å². The molecule has 98 valence electrons. The molecule has 0 amide bonds.